The van der Waals surface area contributed by atoms with Gasteiger partial charge in [-0.2, -0.15) is 0 Å². The Morgan fingerprint density at radius 1 is 0.369 bits per heavy atom. The van der Waals surface area contributed by atoms with E-state index < -0.39 is 158 Å². The van der Waals surface area contributed by atoms with Crippen LogP contribution in [0.5, 0.6) is 0 Å². The first-order chi connectivity index (χ1) is 57.8. The van der Waals surface area contributed by atoms with Crippen molar-refractivity contribution in [2.75, 3.05) is 41.7 Å². The molecule has 10 rings (SSSR count). The first kappa shape index (κ1) is 97.4. The highest BCUT2D eigenvalue weighted by molar-refractivity contribution is 6.64. The Balaban J connectivity index is 0.000000278. The van der Waals surface area contributed by atoms with E-state index in [0.717, 1.165) is 66.8 Å². The van der Waals surface area contributed by atoms with Crippen molar-refractivity contribution in [1.82, 2.24) is 21.3 Å². The molecule has 0 spiro atoms. The van der Waals surface area contributed by atoms with Crippen molar-refractivity contribution in [3.63, 3.8) is 0 Å². The zero-order chi connectivity index (χ0) is 88.0. The van der Waals surface area contributed by atoms with Gasteiger partial charge in [0.1, 0.15) is 68.4 Å². The molecule has 2 fully saturated rings. The normalized spacial score (nSPS) is 19.2. The Kier molecular flexibility index (Phi) is 38.4. The lowest BCUT2D eigenvalue weighted by Crippen LogP contribution is -2.62. The van der Waals surface area contributed by atoms with Crippen molar-refractivity contribution in [2.45, 2.75) is 188 Å². The minimum absolute atomic E-state index is 0. The lowest BCUT2D eigenvalue weighted by molar-refractivity contribution is -0.297. The van der Waals surface area contributed by atoms with Gasteiger partial charge < -0.3 is 88.0 Å². The molecule has 0 saturated carbocycles. The van der Waals surface area contributed by atoms with Crippen LogP contribution in [-0.4, -0.2) is 191 Å². The molecule has 0 bridgehead atoms. The third-order valence-electron chi connectivity index (χ3n) is 19.2. The van der Waals surface area contributed by atoms with Crippen LogP contribution < -0.4 is 21.3 Å². The Morgan fingerprint density at radius 2 is 0.656 bits per heavy atom. The number of aliphatic hydroxyl groups excluding tert-OH is 1. The predicted octanol–water partition coefficient (Wildman–Crippen LogP) is 12.1. The molecule has 2 heterocycles. The summed E-state index contributed by atoms with van der Waals surface area (Å²) >= 11 is 5.39. The molecule has 0 aliphatic carbocycles. The molecule has 28 nitrogen and oxygen atoms in total. The lowest BCUT2D eigenvalue weighted by atomic mass is 9.97. The first-order valence-electron chi connectivity index (χ1n) is 39.1. The van der Waals surface area contributed by atoms with E-state index in [1.165, 1.54) is 42.3 Å². The molecule has 4 unspecified atom stereocenters. The minimum Gasteiger partial charge on any atom is -0.461 e. The van der Waals surface area contributed by atoms with Gasteiger partial charge in [0.25, 0.3) is 0 Å². The van der Waals surface area contributed by atoms with Gasteiger partial charge in [0.2, 0.25) is 17.1 Å². The average Bonchev–Trinajstić information content (AvgIpc) is 0.786. The molecule has 5 N–H and O–H groups in total. The van der Waals surface area contributed by atoms with Gasteiger partial charge >= 0.3 is 42.0 Å². The summed E-state index contributed by atoms with van der Waals surface area (Å²) in [6, 6.07) is 53.7. The van der Waals surface area contributed by atoms with Crippen LogP contribution in [0, 0.1) is 55.4 Å². The standard InChI is InChI=1S/C46H52N2O12.C26H32O8.C20H21ClN2O4.CH4/c1-27-18-28(2)21-34(20-27)43(51)59-39-38(54-6)37(58-45(55-7)40(39)60-44(52)35-22-29(3)19-30(4)23-35)26-56-42(50)31(5)47-41(49)36(24-32-14-10-8-11-15-32)48-46(53)57-25-33-16-12-9-13-17-33;1-14-7-15(2)10-18(9-14)24(28)33-22-21(30-5)20(13-27)32-26(31-6)23(22)34-25(29)19-11-16(3)8-17(4)12-19;1-14(18(21)24)22-19(25)17(12-15-8-4-2-5-9-15)23-20(26)27-13-16-10-6-3-7-11-16;/h8-23,31,36-40,45H,24-26H2,1-7H3,(H,47,49)(H,48,53);7-12,20-23,26-27H,13H2,1-6H3;2-11,14,17H,12-13H2,1H3,(H,22,25)(H,23,26);1H4/t31-,36-,37?,38+,39-,40?,45+;20?,21-,22+,23?,26-;14-,17-;/m010./s1. The van der Waals surface area contributed by atoms with Crippen molar-refractivity contribution < 1.29 is 115 Å². The number of esters is 5. The molecule has 29 heteroatoms. The molecular weight excluding hydrogens is 1590 g/mol. The molecule has 2 saturated heterocycles. The van der Waals surface area contributed by atoms with Crippen molar-refractivity contribution in [2.24, 2.45) is 0 Å². The number of carbonyl (C=O) groups is 10. The van der Waals surface area contributed by atoms with Crippen molar-refractivity contribution in [3.8, 4) is 0 Å². The number of benzene rings is 8. The summed E-state index contributed by atoms with van der Waals surface area (Å²) in [5.41, 5.74) is 11.4. The number of alkyl carbamates (subject to hydrolysis) is 2. The van der Waals surface area contributed by atoms with E-state index in [0.29, 0.717) is 11.1 Å². The number of halogens is 1. The number of aryl methyl sites for hydroxylation is 8. The third-order valence-corrected chi connectivity index (χ3v) is 19.5. The summed E-state index contributed by atoms with van der Waals surface area (Å²) in [5, 5.41) is 19.4. The number of amides is 4. The number of hydrogen-bond acceptors (Lipinski definition) is 24. The Bertz CT molecular complexity index is 4730. The fraction of sp³-hybridized carbons (Fsp3) is 0.376. The van der Waals surface area contributed by atoms with Gasteiger partial charge in [0.15, 0.2) is 37.0 Å². The van der Waals surface area contributed by atoms with Crippen LogP contribution in [0.4, 0.5) is 9.59 Å². The van der Waals surface area contributed by atoms with E-state index in [1.807, 2.05) is 165 Å². The summed E-state index contributed by atoms with van der Waals surface area (Å²) < 4.78 is 74.2. The quantitative estimate of drug-likeness (QED) is 0.0153. The smallest absolute Gasteiger partial charge is 0.408 e. The SMILES string of the molecule is C.CO[C@@H]1OC(CO)[C@@H](OC)[C@H](OC(=O)c2cc(C)cc(C)c2)C1OC(=O)c1cc(C)cc(C)c1.CO[C@@H]1OC(COC(=O)[C@H](C)NC(=O)[C@H](Cc2ccccc2)NC(=O)OCc2ccccc2)[C@@H](OC)[C@H](OC(=O)c2cc(C)cc(C)c2)C1OC(=O)c1cc(C)cc(C)c1.C[C@H](NC(=O)[C@H](Cc1ccccc1)NC(=O)OCc1ccccc1)C(=O)Cl. The number of hydrogen-bond donors (Lipinski definition) is 5. The van der Waals surface area contributed by atoms with Gasteiger partial charge in [-0.05, 0) is 152 Å². The maximum Gasteiger partial charge on any atom is 0.408 e. The highest BCUT2D eigenvalue weighted by Crippen LogP contribution is 2.33. The average molecular weight is 1700 g/mol. The summed E-state index contributed by atoms with van der Waals surface area (Å²) in [6.07, 6.45) is -12.4. The Hall–Kier alpha value is -11.7. The molecule has 14 atom stereocenters. The Morgan fingerprint density at radius 3 is 0.951 bits per heavy atom. The van der Waals surface area contributed by atoms with Crippen LogP contribution in [0.3, 0.4) is 0 Å². The van der Waals surface area contributed by atoms with Crippen LogP contribution in [-0.2, 0) is 107 Å². The molecule has 652 valence electrons. The second-order valence-electron chi connectivity index (χ2n) is 29.4. The minimum atomic E-state index is -1.32. The maximum absolute atomic E-state index is 13.7. The largest absolute Gasteiger partial charge is 0.461 e. The van der Waals surface area contributed by atoms with E-state index in [4.69, 9.17) is 73.2 Å². The van der Waals surface area contributed by atoms with E-state index in [1.54, 1.807) is 84.9 Å². The van der Waals surface area contributed by atoms with Gasteiger partial charge in [-0.15, -0.1) is 0 Å². The van der Waals surface area contributed by atoms with Crippen molar-refractivity contribution in [1.29, 1.82) is 0 Å². The van der Waals surface area contributed by atoms with Crippen LogP contribution in [0.15, 0.2) is 194 Å². The van der Waals surface area contributed by atoms with Crippen LogP contribution in [0.1, 0.15) is 129 Å². The predicted molar refractivity (Wildman–Crippen MR) is 452 cm³/mol. The second kappa shape index (κ2) is 48.1. The molecule has 2 aliphatic heterocycles. The highest BCUT2D eigenvalue weighted by atomic mass is 35.5. The zero-order valence-electron chi connectivity index (χ0n) is 70.0. The van der Waals surface area contributed by atoms with E-state index in [-0.39, 0.29) is 44.6 Å². The fourth-order valence-electron chi connectivity index (χ4n) is 13.6. The zero-order valence-corrected chi connectivity index (χ0v) is 70.8. The van der Waals surface area contributed by atoms with Gasteiger partial charge in [-0.3, -0.25) is 14.4 Å². The molecular formula is C93H109ClN4O24. The van der Waals surface area contributed by atoms with Crippen molar-refractivity contribution in [3.05, 3.63) is 283 Å². The topological polar surface area (TPSA) is 359 Å². The number of nitrogens with one attached hydrogen (secondary N) is 4. The second-order valence-corrected chi connectivity index (χ2v) is 29.8. The number of rotatable bonds is 31. The molecule has 2 aliphatic rings. The van der Waals surface area contributed by atoms with Crippen LogP contribution in [0.25, 0.3) is 0 Å². The van der Waals surface area contributed by atoms with Gasteiger partial charge in [0, 0.05) is 41.3 Å². The van der Waals surface area contributed by atoms with Gasteiger partial charge in [-0.1, -0.05) is 198 Å². The van der Waals surface area contributed by atoms with E-state index in [9.17, 15) is 53.1 Å². The molecule has 0 radical (unpaired) electrons. The maximum atomic E-state index is 13.7. The monoisotopic (exact) mass is 1700 g/mol. The van der Waals surface area contributed by atoms with E-state index >= 15 is 0 Å². The summed E-state index contributed by atoms with van der Waals surface area (Å²) in [4.78, 5) is 129. The molecule has 8 aromatic carbocycles. The van der Waals surface area contributed by atoms with Gasteiger partial charge in [0.05, 0.1) is 28.9 Å². The number of ether oxygens (including phenoxy) is 13. The summed E-state index contributed by atoms with van der Waals surface area (Å²) in [7, 11) is 5.47. The molecule has 122 heavy (non-hydrogen) atoms. The molecule has 4 amide bonds. The molecule has 0 aromatic heterocycles. The van der Waals surface area contributed by atoms with Crippen LogP contribution in [0.2, 0.25) is 0 Å². The number of aliphatic hydroxyl groups is 1. The highest BCUT2D eigenvalue weighted by Gasteiger charge is 2.53. The van der Waals surface area contributed by atoms with E-state index in [2.05, 4.69) is 21.3 Å². The van der Waals surface area contributed by atoms with Crippen molar-refractivity contribution >= 4 is 70.7 Å². The first-order valence-corrected chi connectivity index (χ1v) is 39.4. The Labute approximate surface area is 716 Å². The fourth-order valence-corrected chi connectivity index (χ4v) is 13.7. The van der Waals surface area contributed by atoms with Gasteiger partial charge in [-0.25, -0.2) is 33.6 Å². The number of methoxy groups -OCH3 is 4. The van der Waals surface area contributed by atoms with Crippen LogP contribution >= 0.6 is 11.6 Å². The summed E-state index contributed by atoms with van der Waals surface area (Å²) in [6.45, 7) is 17.1. The summed E-state index contributed by atoms with van der Waals surface area (Å²) in [5.74, 6) is -4.67. The third kappa shape index (κ3) is 29.6. The molecule has 8 aromatic rings. The number of carbonyl (C=O) groups excluding carboxylic acids is 10. The lowest BCUT2D eigenvalue weighted by Gasteiger charge is -2.44.